The number of nitrogens with one attached hydrogen (secondary N) is 1. The first kappa shape index (κ1) is 44.1. The highest BCUT2D eigenvalue weighted by atomic mass is 19.4. The Labute approximate surface area is 292 Å². The van der Waals surface area contributed by atoms with E-state index in [9.17, 15) is 26.7 Å². The fraction of sp³-hybridized carbons (Fsp3) is 0.625. The smallest absolute Gasteiger partial charge is 0.307 e. The molecule has 2 aliphatic rings. The summed E-state index contributed by atoms with van der Waals surface area (Å²) in [4.78, 5) is 12.3. The van der Waals surface area contributed by atoms with Gasteiger partial charge < -0.3 is 5.32 Å². The van der Waals surface area contributed by atoms with Crippen molar-refractivity contribution in [2.24, 2.45) is 22.0 Å². The van der Waals surface area contributed by atoms with Crippen LogP contribution in [0.4, 0.5) is 22.0 Å². The highest BCUT2D eigenvalue weighted by molar-refractivity contribution is 5.98. The monoisotopic (exact) mass is 693 g/mol. The lowest BCUT2D eigenvalue weighted by molar-refractivity contribution is -0.138. The summed E-state index contributed by atoms with van der Waals surface area (Å²) < 4.78 is 64.6. The molecule has 0 bridgehead atoms. The Morgan fingerprint density at radius 2 is 1.71 bits per heavy atom. The molecule has 2 fully saturated rings. The first-order chi connectivity index (χ1) is 23.1. The molecule has 0 amide bonds. The Hall–Kier alpha value is -2.94. The van der Waals surface area contributed by atoms with Crippen LogP contribution >= 0.6 is 0 Å². The lowest BCUT2D eigenvalue weighted by Gasteiger charge is -2.39. The Kier molecular flexibility index (Phi) is 19.8. The minimum absolute atomic E-state index is 0.00934. The number of aryl methyl sites for hydroxylation is 1. The van der Waals surface area contributed by atoms with E-state index in [1.807, 2.05) is 33.8 Å². The number of rotatable bonds is 12. The van der Waals surface area contributed by atoms with Gasteiger partial charge >= 0.3 is 6.18 Å². The van der Waals surface area contributed by atoms with Crippen molar-refractivity contribution in [1.29, 1.82) is 0 Å². The fourth-order valence-electron chi connectivity index (χ4n) is 5.89. The van der Waals surface area contributed by atoms with Gasteiger partial charge in [-0.25, -0.2) is 8.78 Å². The predicted octanol–water partition coefficient (Wildman–Crippen LogP) is 12.2. The van der Waals surface area contributed by atoms with E-state index in [1.54, 1.807) is 25.4 Å². The highest BCUT2D eigenvalue weighted by Gasteiger charge is 2.36. The van der Waals surface area contributed by atoms with E-state index in [0.717, 1.165) is 32.1 Å². The first-order valence-electron chi connectivity index (χ1n) is 18.0. The lowest BCUT2D eigenvalue weighted by Crippen LogP contribution is -2.47. The molecule has 2 saturated carbocycles. The Bertz CT molecular complexity index is 1310. The van der Waals surface area contributed by atoms with Crippen molar-refractivity contribution in [1.82, 2.24) is 5.32 Å². The van der Waals surface area contributed by atoms with Gasteiger partial charge in [0.25, 0.3) is 0 Å². The summed E-state index contributed by atoms with van der Waals surface area (Å²) in [5.41, 5.74) is 2.82. The van der Waals surface area contributed by atoms with Gasteiger partial charge in [0.05, 0.1) is 5.56 Å². The van der Waals surface area contributed by atoms with Crippen molar-refractivity contribution in [2.75, 3.05) is 0 Å². The third-order valence-electron chi connectivity index (χ3n) is 8.73. The van der Waals surface area contributed by atoms with E-state index in [2.05, 4.69) is 61.4 Å². The number of halogens is 5. The van der Waals surface area contributed by atoms with Crippen molar-refractivity contribution in [2.45, 2.75) is 151 Å². The van der Waals surface area contributed by atoms with Crippen LogP contribution in [-0.2, 0) is 19.1 Å². The van der Waals surface area contributed by atoms with E-state index >= 15 is 0 Å². The quantitative estimate of drug-likeness (QED) is 0.104. The number of benzene rings is 2. The number of alkyl halides is 5. The number of Topliss-reactive ketones (excluding diaryl/α,β-unsaturated/α-hetero) is 1. The van der Waals surface area contributed by atoms with Crippen LogP contribution in [0.2, 0.25) is 0 Å². The van der Waals surface area contributed by atoms with Crippen LogP contribution in [0.1, 0.15) is 151 Å². The Balaban J connectivity index is 0.000000407. The van der Waals surface area contributed by atoms with Gasteiger partial charge in [-0.2, -0.15) is 23.4 Å². The Morgan fingerprint density at radius 3 is 2.18 bits per heavy atom. The molecule has 49 heavy (non-hydrogen) atoms. The number of ketones is 1. The molecule has 0 saturated heterocycles. The SMILES string of the molecule is C/C=N\N=C/C(C)C.CC.CCCC(=O)c1cc(CNC2(C)CCC2)cc(C(F)(F)F)c1CC.Cc1cccc(C2CC(CC(F)F)C2)c1. The zero-order valence-electron chi connectivity index (χ0n) is 31.2. The van der Waals surface area contributed by atoms with Crippen LogP contribution in [0.3, 0.4) is 0 Å². The van der Waals surface area contributed by atoms with Crippen molar-refractivity contribution in [3.8, 4) is 0 Å². The molecule has 0 aliphatic heterocycles. The van der Waals surface area contributed by atoms with Gasteiger partial charge in [0.15, 0.2) is 5.78 Å². The van der Waals surface area contributed by atoms with Gasteiger partial charge in [-0.3, -0.25) is 4.79 Å². The molecule has 276 valence electrons. The average molecular weight is 694 g/mol. The summed E-state index contributed by atoms with van der Waals surface area (Å²) in [5, 5.41) is 10.7. The summed E-state index contributed by atoms with van der Waals surface area (Å²) >= 11 is 0. The molecular weight excluding hydrogens is 633 g/mol. The number of carbonyl (C=O) groups is 1. The fourth-order valence-corrected chi connectivity index (χ4v) is 5.89. The van der Waals surface area contributed by atoms with Crippen LogP contribution in [0, 0.1) is 18.8 Å². The molecule has 0 aromatic heterocycles. The number of hydrogen-bond acceptors (Lipinski definition) is 4. The average Bonchev–Trinajstić information content (AvgIpc) is 3.01. The minimum Gasteiger partial charge on any atom is -0.307 e. The number of carbonyl (C=O) groups excluding carboxylic acids is 1. The van der Waals surface area contributed by atoms with Crippen molar-refractivity contribution >= 4 is 18.2 Å². The van der Waals surface area contributed by atoms with E-state index in [4.69, 9.17) is 0 Å². The maximum atomic E-state index is 13.5. The van der Waals surface area contributed by atoms with Gasteiger partial charge in [0.2, 0.25) is 6.43 Å². The molecule has 2 aromatic rings. The van der Waals surface area contributed by atoms with E-state index in [-0.39, 0.29) is 47.6 Å². The molecule has 4 nitrogen and oxygen atoms in total. The zero-order valence-corrected chi connectivity index (χ0v) is 31.2. The molecular formula is C40H60F5N3O. The van der Waals surface area contributed by atoms with Gasteiger partial charge in [-0.05, 0) is 112 Å². The first-order valence-corrected chi connectivity index (χ1v) is 18.0. The van der Waals surface area contributed by atoms with E-state index < -0.39 is 18.2 Å². The molecule has 2 aromatic carbocycles. The highest BCUT2D eigenvalue weighted by Crippen LogP contribution is 2.44. The molecule has 1 N–H and O–H groups in total. The third kappa shape index (κ3) is 15.7. The molecule has 9 heteroatoms. The predicted molar refractivity (Wildman–Crippen MR) is 195 cm³/mol. The minimum atomic E-state index is -4.44. The summed E-state index contributed by atoms with van der Waals surface area (Å²) in [5.74, 6) is 1.07. The maximum absolute atomic E-state index is 13.5. The largest absolute Gasteiger partial charge is 0.416 e. The number of hydrogen-bond donors (Lipinski definition) is 1. The molecule has 2 aliphatic carbocycles. The van der Waals surface area contributed by atoms with Crippen LogP contribution < -0.4 is 5.32 Å². The van der Waals surface area contributed by atoms with E-state index in [1.165, 1.54) is 17.2 Å². The summed E-state index contributed by atoms with van der Waals surface area (Å²) in [7, 11) is 0. The van der Waals surface area contributed by atoms with Gasteiger partial charge in [-0.15, -0.1) is 0 Å². The van der Waals surface area contributed by atoms with Crippen molar-refractivity contribution < 1.29 is 26.7 Å². The van der Waals surface area contributed by atoms with Gasteiger partial charge in [0, 0.05) is 42.9 Å². The molecule has 4 rings (SSSR count). The van der Waals surface area contributed by atoms with Crippen LogP contribution in [0.5, 0.6) is 0 Å². The molecule has 0 radical (unpaired) electrons. The second-order valence-corrected chi connectivity index (χ2v) is 13.4. The van der Waals surface area contributed by atoms with Gasteiger partial charge in [0.1, 0.15) is 0 Å². The molecule has 0 unspecified atom stereocenters. The number of nitrogens with zero attached hydrogens (tertiary/aromatic N) is 2. The molecule has 0 spiro atoms. The second kappa shape index (κ2) is 22.0. The Morgan fingerprint density at radius 1 is 1.06 bits per heavy atom. The van der Waals surface area contributed by atoms with Crippen LogP contribution in [0.15, 0.2) is 46.6 Å². The maximum Gasteiger partial charge on any atom is 0.416 e. The topological polar surface area (TPSA) is 53.8 Å². The lowest BCUT2D eigenvalue weighted by atomic mass is 9.70. The zero-order chi connectivity index (χ0) is 37.2. The van der Waals surface area contributed by atoms with E-state index in [0.29, 0.717) is 30.4 Å². The summed E-state index contributed by atoms with van der Waals surface area (Å²) in [6.07, 6.45) is 3.18. The third-order valence-corrected chi connectivity index (χ3v) is 8.73. The summed E-state index contributed by atoms with van der Waals surface area (Å²) in [6, 6.07) is 11.3. The normalized spacial score (nSPS) is 18.1. The van der Waals surface area contributed by atoms with Crippen molar-refractivity contribution in [3.63, 3.8) is 0 Å². The van der Waals surface area contributed by atoms with Crippen molar-refractivity contribution in [3.05, 3.63) is 69.8 Å². The summed E-state index contributed by atoms with van der Waals surface area (Å²) in [6.45, 7) is 18.0. The molecule has 0 heterocycles. The van der Waals surface area contributed by atoms with Crippen LogP contribution in [-0.4, -0.2) is 30.2 Å². The van der Waals surface area contributed by atoms with Crippen LogP contribution in [0.25, 0.3) is 0 Å². The standard InChI is InChI=1S/C19H26F3NO.C13H16F2.C6H12N2.C2H6/c1-4-7-17(24)15-10-13(12-23-18(3)8-6-9-18)11-16(14(15)5-2)19(20,21)22;1-9-3-2-4-11(5-9)12-6-10(7-12)8-13(14)15;1-4-7-8-5-6(2)3;1-2/h10-11,23H,4-9,12H2,1-3H3;2-5,10,12-13H,6-8H2,1H3;4-6H,1-3H3;1-2H3/b;;7-4-,8-5-;. The molecule has 0 atom stereocenters. The second-order valence-electron chi connectivity index (χ2n) is 13.4. The van der Waals surface area contributed by atoms with Gasteiger partial charge in [-0.1, -0.05) is 71.4 Å².